The van der Waals surface area contributed by atoms with Crippen molar-refractivity contribution in [2.24, 2.45) is 16.0 Å². The highest BCUT2D eigenvalue weighted by molar-refractivity contribution is 5.83. The van der Waals surface area contributed by atoms with Gasteiger partial charge in [0.2, 0.25) is 0 Å². The molecule has 0 aliphatic carbocycles. The van der Waals surface area contributed by atoms with E-state index in [1.165, 1.54) is 0 Å². The highest BCUT2D eigenvalue weighted by Crippen LogP contribution is 2.04. The number of hydrogen-bond donors (Lipinski definition) is 3. The molecule has 0 atom stereocenters. The summed E-state index contributed by atoms with van der Waals surface area (Å²) in [5.41, 5.74) is 9.25. The van der Waals surface area contributed by atoms with Gasteiger partial charge in [-0.05, 0) is 30.5 Å². The largest absolute Gasteiger partial charge is 0.478 e. The topological polar surface area (TPSA) is 117 Å². The van der Waals surface area contributed by atoms with E-state index < -0.39 is 5.97 Å². The van der Waals surface area contributed by atoms with Gasteiger partial charge in [0, 0.05) is 18.3 Å². The summed E-state index contributed by atoms with van der Waals surface area (Å²) in [5, 5.41) is 15.0. The SMILES string of the molecule is C/C(CC/C(=C/C(=O)O)CN)=N/NCN=O. The van der Waals surface area contributed by atoms with Gasteiger partial charge in [-0.1, -0.05) is 0 Å². The van der Waals surface area contributed by atoms with Crippen molar-refractivity contribution >= 4 is 11.7 Å². The van der Waals surface area contributed by atoms with Crippen molar-refractivity contribution in [3.05, 3.63) is 16.6 Å². The van der Waals surface area contributed by atoms with Crippen LogP contribution in [0.15, 0.2) is 21.9 Å². The molecular formula is C9H16N4O3. The summed E-state index contributed by atoms with van der Waals surface area (Å²) in [6.07, 6.45) is 2.23. The Morgan fingerprint density at radius 2 is 2.19 bits per heavy atom. The molecule has 0 fully saturated rings. The number of hydrogen-bond acceptors (Lipinski definition) is 6. The monoisotopic (exact) mass is 228 g/mol. The molecule has 0 bridgehead atoms. The van der Waals surface area contributed by atoms with Crippen molar-refractivity contribution in [2.75, 3.05) is 13.2 Å². The van der Waals surface area contributed by atoms with Crippen molar-refractivity contribution in [1.82, 2.24) is 5.43 Å². The van der Waals surface area contributed by atoms with Crippen LogP contribution in [0, 0.1) is 4.91 Å². The fourth-order valence-electron chi connectivity index (χ4n) is 1.00. The molecule has 0 aromatic carbocycles. The van der Waals surface area contributed by atoms with Gasteiger partial charge in [-0.15, -0.1) is 4.91 Å². The number of hydrazone groups is 1. The summed E-state index contributed by atoms with van der Waals surface area (Å²) in [4.78, 5) is 20.1. The van der Waals surface area contributed by atoms with E-state index in [9.17, 15) is 9.70 Å². The number of rotatable bonds is 8. The van der Waals surface area contributed by atoms with Gasteiger partial charge in [0.05, 0.1) is 0 Å². The van der Waals surface area contributed by atoms with Crippen LogP contribution in [0.25, 0.3) is 0 Å². The number of nitrogens with zero attached hydrogens (tertiary/aromatic N) is 2. The molecule has 16 heavy (non-hydrogen) atoms. The molecular weight excluding hydrogens is 212 g/mol. The molecule has 7 heteroatoms. The van der Waals surface area contributed by atoms with Crippen LogP contribution in [0.3, 0.4) is 0 Å². The van der Waals surface area contributed by atoms with Gasteiger partial charge < -0.3 is 10.8 Å². The third-order valence-electron chi connectivity index (χ3n) is 1.80. The van der Waals surface area contributed by atoms with E-state index in [4.69, 9.17) is 10.8 Å². The Balaban J connectivity index is 4.06. The summed E-state index contributed by atoms with van der Waals surface area (Å²) in [6, 6.07) is 0. The van der Waals surface area contributed by atoms with E-state index in [1.54, 1.807) is 6.92 Å². The van der Waals surface area contributed by atoms with E-state index in [0.29, 0.717) is 18.4 Å². The van der Waals surface area contributed by atoms with Gasteiger partial charge in [-0.3, -0.25) is 5.43 Å². The quantitative estimate of drug-likeness (QED) is 0.183. The fraction of sp³-hybridized carbons (Fsp3) is 0.556. The zero-order valence-electron chi connectivity index (χ0n) is 9.14. The maximum absolute atomic E-state index is 10.4. The molecule has 0 aromatic rings. The number of nitrogens with one attached hydrogen (secondary N) is 1. The number of carboxylic acids is 1. The third-order valence-corrected chi connectivity index (χ3v) is 1.80. The molecule has 0 unspecified atom stereocenters. The second-order valence-corrected chi connectivity index (χ2v) is 3.14. The molecule has 0 rings (SSSR count). The summed E-state index contributed by atoms with van der Waals surface area (Å²) in [7, 11) is 0. The van der Waals surface area contributed by atoms with Crippen LogP contribution in [-0.2, 0) is 4.79 Å². The molecule has 0 aliphatic heterocycles. The fourth-order valence-corrected chi connectivity index (χ4v) is 1.00. The minimum Gasteiger partial charge on any atom is -0.478 e. The van der Waals surface area contributed by atoms with E-state index in [2.05, 4.69) is 15.7 Å². The molecule has 4 N–H and O–H groups in total. The van der Waals surface area contributed by atoms with Crippen LogP contribution >= 0.6 is 0 Å². The van der Waals surface area contributed by atoms with E-state index in [1.807, 2.05) is 0 Å². The average Bonchev–Trinajstić information content (AvgIpc) is 2.24. The minimum atomic E-state index is -1.00. The smallest absolute Gasteiger partial charge is 0.328 e. The highest BCUT2D eigenvalue weighted by atomic mass is 16.4. The zero-order valence-corrected chi connectivity index (χ0v) is 9.14. The summed E-state index contributed by atoms with van der Waals surface area (Å²) >= 11 is 0. The van der Waals surface area contributed by atoms with Gasteiger partial charge in [-0.2, -0.15) is 5.10 Å². The Bertz CT molecular complexity index is 299. The number of aliphatic carboxylic acids is 1. The second-order valence-electron chi connectivity index (χ2n) is 3.14. The lowest BCUT2D eigenvalue weighted by Crippen LogP contribution is -2.10. The first-order valence-electron chi connectivity index (χ1n) is 4.77. The van der Waals surface area contributed by atoms with Gasteiger partial charge >= 0.3 is 5.97 Å². The first kappa shape index (κ1) is 14.2. The van der Waals surface area contributed by atoms with Crippen molar-refractivity contribution in [3.63, 3.8) is 0 Å². The van der Waals surface area contributed by atoms with Gasteiger partial charge in [0.15, 0.2) is 6.67 Å². The molecule has 0 aromatic heterocycles. The Morgan fingerprint density at radius 3 is 2.69 bits per heavy atom. The average molecular weight is 228 g/mol. The van der Waals surface area contributed by atoms with Crippen LogP contribution in [0.1, 0.15) is 19.8 Å². The Labute approximate surface area is 93.4 Å². The number of nitroso groups, excluding NO2 is 1. The first-order chi connectivity index (χ1) is 7.60. The molecule has 0 spiro atoms. The lowest BCUT2D eigenvalue weighted by atomic mass is 10.1. The molecule has 0 saturated heterocycles. The lowest BCUT2D eigenvalue weighted by Gasteiger charge is -2.03. The maximum atomic E-state index is 10.4. The van der Waals surface area contributed by atoms with Crippen LogP contribution in [0.2, 0.25) is 0 Å². The van der Waals surface area contributed by atoms with Crippen LogP contribution in [-0.4, -0.2) is 30.0 Å². The number of nitrogens with two attached hydrogens (primary N) is 1. The zero-order chi connectivity index (χ0) is 12.4. The maximum Gasteiger partial charge on any atom is 0.328 e. The molecule has 90 valence electrons. The Kier molecular flexibility index (Phi) is 7.60. The predicted octanol–water partition coefficient (Wildman–Crippen LogP) is 0.426. The van der Waals surface area contributed by atoms with Crippen LogP contribution in [0.4, 0.5) is 0 Å². The third kappa shape index (κ3) is 7.63. The van der Waals surface area contributed by atoms with Crippen LogP contribution in [0.5, 0.6) is 0 Å². The van der Waals surface area contributed by atoms with Gasteiger partial charge in [0.1, 0.15) is 0 Å². The van der Waals surface area contributed by atoms with E-state index >= 15 is 0 Å². The van der Waals surface area contributed by atoms with Gasteiger partial charge in [-0.25, -0.2) is 4.79 Å². The molecule has 0 amide bonds. The molecule has 0 heterocycles. The van der Waals surface area contributed by atoms with Crippen molar-refractivity contribution in [2.45, 2.75) is 19.8 Å². The van der Waals surface area contributed by atoms with E-state index in [0.717, 1.165) is 11.8 Å². The molecule has 0 saturated carbocycles. The summed E-state index contributed by atoms with van der Waals surface area (Å²) < 4.78 is 0. The van der Waals surface area contributed by atoms with E-state index in [-0.39, 0.29) is 13.2 Å². The first-order valence-corrected chi connectivity index (χ1v) is 4.77. The van der Waals surface area contributed by atoms with Crippen molar-refractivity contribution in [1.29, 1.82) is 0 Å². The molecule has 0 aliphatic rings. The molecule has 0 radical (unpaired) electrons. The van der Waals surface area contributed by atoms with Crippen molar-refractivity contribution < 1.29 is 9.90 Å². The lowest BCUT2D eigenvalue weighted by molar-refractivity contribution is -0.131. The minimum absolute atomic E-state index is 0.0773. The predicted molar refractivity (Wildman–Crippen MR) is 60.9 cm³/mol. The standard InChI is InChI=1S/C9H16N4O3/c1-7(13-11-6-12-16)2-3-8(5-10)4-9(14)15/h4,11H,2-3,5-6,10H2,1H3,(H,14,15)/b8-4-,13-7-. The van der Waals surface area contributed by atoms with Crippen LogP contribution < -0.4 is 11.2 Å². The number of carboxylic acid groups (broad SMARTS) is 1. The molecule has 7 nitrogen and oxygen atoms in total. The Morgan fingerprint density at radius 1 is 1.50 bits per heavy atom. The highest BCUT2D eigenvalue weighted by Gasteiger charge is 2.00. The number of carbonyl (C=O) groups is 1. The van der Waals surface area contributed by atoms with Crippen molar-refractivity contribution in [3.8, 4) is 0 Å². The van der Waals surface area contributed by atoms with Gasteiger partial charge in [0.25, 0.3) is 0 Å². The normalized spacial score (nSPS) is 12.4. The summed E-state index contributed by atoms with van der Waals surface area (Å²) in [6.45, 7) is 1.90. The summed E-state index contributed by atoms with van der Waals surface area (Å²) in [5.74, 6) is -1.00. The second kappa shape index (κ2) is 8.54. The Hall–Kier alpha value is -1.76.